The van der Waals surface area contributed by atoms with Crippen LogP contribution in [0.3, 0.4) is 0 Å². The molecule has 0 rings (SSSR count). The maximum atomic E-state index is 10.8. The van der Waals surface area contributed by atoms with E-state index in [1.807, 2.05) is 6.92 Å². The van der Waals surface area contributed by atoms with Gasteiger partial charge in [-0.05, 0) is 6.42 Å². The van der Waals surface area contributed by atoms with Crippen molar-refractivity contribution in [3.8, 4) is 0 Å². The van der Waals surface area contributed by atoms with Crippen molar-refractivity contribution in [2.24, 2.45) is 0 Å². The fourth-order valence-corrected chi connectivity index (χ4v) is 0.571. The molecule has 70 valence electrons. The van der Waals surface area contributed by atoms with E-state index in [1.165, 1.54) is 6.92 Å². The quantitative estimate of drug-likeness (QED) is 0.464. The number of ether oxygens (including phenoxy) is 2. The molecule has 0 aromatic heterocycles. The minimum absolute atomic E-state index is 0.266. The Kier molecular flexibility index (Phi) is 6.05. The molecule has 0 aromatic carbocycles. The van der Waals surface area contributed by atoms with Gasteiger partial charge in [0.05, 0.1) is 0 Å². The Morgan fingerprint density at radius 2 is 1.92 bits per heavy atom. The van der Waals surface area contributed by atoms with E-state index < -0.39 is 5.97 Å². The molecule has 0 spiro atoms. The van der Waals surface area contributed by atoms with Gasteiger partial charge in [-0.2, -0.15) is 0 Å². The zero-order valence-electron chi connectivity index (χ0n) is 7.46. The first-order valence-corrected chi connectivity index (χ1v) is 3.95. The average Bonchev–Trinajstić information content (AvgIpc) is 2.00. The van der Waals surface area contributed by atoms with Crippen LogP contribution < -0.4 is 0 Å². The summed E-state index contributed by atoms with van der Waals surface area (Å²) in [6.45, 7) is 2.98. The van der Waals surface area contributed by atoms with Crippen LogP contribution in [0.4, 0.5) is 0 Å². The molecule has 0 N–H and O–H groups in total. The Bertz CT molecular complexity index is 153. The summed E-state index contributed by atoms with van der Waals surface area (Å²) < 4.78 is 8.98. The smallest absolute Gasteiger partial charge is 0.308 e. The van der Waals surface area contributed by atoms with Gasteiger partial charge < -0.3 is 9.47 Å². The van der Waals surface area contributed by atoms with Crippen molar-refractivity contribution in [1.82, 2.24) is 0 Å². The summed E-state index contributed by atoms with van der Waals surface area (Å²) in [6, 6.07) is 0. The summed E-state index contributed by atoms with van der Waals surface area (Å²) in [5.41, 5.74) is 0. The zero-order valence-corrected chi connectivity index (χ0v) is 7.46. The van der Waals surface area contributed by atoms with Crippen LogP contribution in [0.25, 0.3) is 0 Å². The molecule has 0 aliphatic heterocycles. The van der Waals surface area contributed by atoms with Gasteiger partial charge in [0, 0.05) is 13.3 Å². The molecule has 4 heteroatoms. The lowest BCUT2D eigenvalue weighted by Gasteiger charge is -2.03. The highest BCUT2D eigenvalue weighted by molar-refractivity contribution is 5.69. The lowest BCUT2D eigenvalue weighted by molar-refractivity contribution is -0.165. The van der Waals surface area contributed by atoms with Gasteiger partial charge in [0.2, 0.25) is 6.79 Å². The van der Waals surface area contributed by atoms with E-state index in [2.05, 4.69) is 9.47 Å². The van der Waals surface area contributed by atoms with Crippen molar-refractivity contribution in [2.45, 2.75) is 33.1 Å². The van der Waals surface area contributed by atoms with E-state index in [4.69, 9.17) is 0 Å². The predicted octanol–water partition coefficient (Wildman–Crippen LogP) is 1.24. The molecule has 12 heavy (non-hydrogen) atoms. The third kappa shape index (κ3) is 7.05. The third-order valence-electron chi connectivity index (χ3n) is 1.22. The Morgan fingerprint density at radius 3 is 2.42 bits per heavy atom. The van der Waals surface area contributed by atoms with Gasteiger partial charge in [0.15, 0.2) is 0 Å². The van der Waals surface area contributed by atoms with Crippen LogP contribution in [0.1, 0.15) is 33.1 Å². The minimum Gasteiger partial charge on any atom is -0.428 e. The normalized spacial score (nSPS) is 9.17. The minimum atomic E-state index is -0.446. The van der Waals surface area contributed by atoms with Gasteiger partial charge in [-0.15, -0.1) is 0 Å². The Balaban J connectivity index is 3.25. The average molecular weight is 174 g/mol. The highest BCUT2D eigenvalue weighted by Gasteiger charge is 2.01. The predicted molar refractivity (Wildman–Crippen MR) is 42.3 cm³/mol. The second-order valence-electron chi connectivity index (χ2n) is 2.37. The molecule has 0 aliphatic rings. The molecule has 0 saturated heterocycles. The molecular weight excluding hydrogens is 160 g/mol. The van der Waals surface area contributed by atoms with Crippen LogP contribution >= 0.6 is 0 Å². The van der Waals surface area contributed by atoms with Crippen molar-refractivity contribution < 1.29 is 19.1 Å². The summed E-state index contributed by atoms with van der Waals surface area (Å²) in [7, 11) is 0. The Labute approximate surface area is 71.8 Å². The van der Waals surface area contributed by atoms with Crippen LogP contribution in [0.5, 0.6) is 0 Å². The second-order valence-corrected chi connectivity index (χ2v) is 2.37. The van der Waals surface area contributed by atoms with Crippen LogP contribution in [0, 0.1) is 0 Å². The summed E-state index contributed by atoms with van der Waals surface area (Å²) in [5, 5.41) is 0. The van der Waals surface area contributed by atoms with Gasteiger partial charge >= 0.3 is 11.9 Å². The maximum absolute atomic E-state index is 10.8. The number of unbranched alkanes of at least 4 members (excludes halogenated alkanes) is 1. The SMILES string of the molecule is CCCCC(=O)OCOC(C)=O. The first-order chi connectivity index (χ1) is 5.66. The monoisotopic (exact) mass is 174 g/mol. The fraction of sp³-hybridized carbons (Fsp3) is 0.750. The summed E-state index contributed by atoms with van der Waals surface area (Å²) in [4.78, 5) is 21.0. The Hall–Kier alpha value is -1.06. The number of rotatable bonds is 5. The van der Waals surface area contributed by atoms with Crippen molar-refractivity contribution in [1.29, 1.82) is 0 Å². The summed E-state index contributed by atoms with van der Waals surface area (Å²) >= 11 is 0. The van der Waals surface area contributed by atoms with Crippen molar-refractivity contribution >= 4 is 11.9 Å². The van der Waals surface area contributed by atoms with Crippen LogP contribution in [0.2, 0.25) is 0 Å². The first kappa shape index (κ1) is 10.9. The molecule has 0 unspecified atom stereocenters. The molecular formula is C8H14O4. The lowest BCUT2D eigenvalue weighted by Crippen LogP contribution is -2.10. The molecule has 0 saturated carbocycles. The van der Waals surface area contributed by atoms with Gasteiger partial charge in [-0.25, -0.2) is 0 Å². The number of esters is 2. The van der Waals surface area contributed by atoms with Crippen molar-refractivity contribution in [3.05, 3.63) is 0 Å². The standard InChI is InChI=1S/C8H14O4/c1-3-4-5-8(10)12-6-11-7(2)9/h3-6H2,1-2H3. The van der Waals surface area contributed by atoms with E-state index in [0.717, 1.165) is 12.8 Å². The molecule has 0 atom stereocenters. The molecule has 0 aliphatic carbocycles. The van der Waals surface area contributed by atoms with Gasteiger partial charge in [-0.1, -0.05) is 13.3 Å². The maximum Gasteiger partial charge on any atom is 0.308 e. The van der Waals surface area contributed by atoms with E-state index >= 15 is 0 Å². The van der Waals surface area contributed by atoms with E-state index in [1.54, 1.807) is 0 Å². The van der Waals surface area contributed by atoms with Crippen LogP contribution in [0.15, 0.2) is 0 Å². The summed E-state index contributed by atoms with van der Waals surface area (Å²) in [5.74, 6) is -0.767. The fourth-order valence-electron chi connectivity index (χ4n) is 0.571. The van der Waals surface area contributed by atoms with Crippen LogP contribution in [-0.4, -0.2) is 18.7 Å². The molecule has 0 bridgehead atoms. The number of hydrogen-bond acceptors (Lipinski definition) is 4. The third-order valence-corrected chi connectivity index (χ3v) is 1.22. The first-order valence-electron chi connectivity index (χ1n) is 3.95. The molecule has 0 radical (unpaired) electrons. The van der Waals surface area contributed by atoms with Gasteiger partial charge in [-0.3, -0.25) is 9.59 Å². The van der Waals surface area contributed by atoms with Gasteiger partial charge in [0.1, 0.15) is 0 Å². The number of carbonyl (C=O) groups is 2. The van der Waals surface area contributed by atoms with E-state index in [-0.39, 0.29) is 12.8 Å². The molecule has 4 nitrogen and oxygen atoms in total. The number of carbonyl (C=O) groups excluding carboxylic acids is 2. The molecule has 0 heterocycles. The molecule has 0 fully saturated rings. The molecule has 0 amide bonds. The summed E-state index contributed by atoms with van der Waals surface area (Å²) in [6.07, 6.45) is 2.14. The van der Waals surface area contributed by atoms with Crippen LogP contribution in [-0.2, 0) is 19.1 Å². The highest BCUT2D eigenvalue weighted by Crippen LogP contribution is 1.96. The lowest BCUT2D eigenvalue weighted by atomic mass is 10.3. The largest absolute Gasteiger partial charge is 0.428 e. The zero-order chi connectivity index (χ0) is 9.40. The number of hydrogen-bond donors (Lipinski definition) is 0. The highest BCUT2D eigenvalue weighted by atomic mass is 16.7. The second kappa shape index (κ2) is 6.64. The van der Waals surface area contributed by atoms with Gasteiger partial charge in [0.25, 0.3) is 0 Å². The molecule has 0 aromatic rings. The van der Waals surface area contributed by atoms with E-state index in [0.29, 0.717) is 6.42 Å². The van der Waals surface area contributed by atoms with Crippen molar-refractivity contribution in [2.75, 3.05) is 6.79 Å². The van der Waals surface area contributed by atoms with E-state index in [9.17, 15) is 9.59 Å². The van der Waals surface area contributed by atoms with Crippen molar-refractivity contribution in [3.63, 3.8) is 0 Å². The topological polar surface area (TPSA) is 52.6 Å². The Morgan fingerprint density at radius 1 is 1.25 bits per heavy atom.